The monoisotopic (exact) mass is 224 g/mol. The molecular weight excluding hydrogens is 215 g/mol. The molecule has 0 aromatic heterocycles. The van der Waals surface area contributed by atoms with Gasteiger partial charge in [0, 0.05) is 26.2 Å². The summed E-state index contributed by atoms with van der Waals surface area (Å²) >= 11 is 0. The first-order chi connectivity index (χ1) is 1.73. The second-order valence-corrected chi connectivity index (χ2v) is 0.283. The zero-order valence-electron chi connectivity index (χ0n) is 4.30. The molecule has 0 aliphatic heterocycles. The van der Waals surface area contributed by atoms with Gasteiger partial charge in [-0.25, -0.2) is 4.79 Å². The van der Waals surface area contributed by atoms with Crippen LogP contribution in [-0.4, -0.2) is 38.3 Å². The molecule has 0 fully saturated rings. The Bertz CT molecular complexity index is 31.9. The third kappa shape index (κ3) is 6060000. The number of hydrogen-bond donors (Lipinski definition) is 2. The first-order valence-corrected chi connectivity index (χ1v) is 0.651. The summed E-state index contributed by atoms with van der Waals surface area (Å²) in [7, 11) is 0. The summed E-state index contributed by atoms with van der Waals surface area (Å²) < 4.78 is 0. The van der Waals surface area contributed by atoms with E-state index in [-0.39, 0.29) is 48.1 Å². The second kappa shape index (κ2) is 43.6. The molecule has 0 aliphatic carbocycles. The molecule has 0 amide bonds. The summed E-state index contributed by atoms with van der Waals surface area (Å²) in [6.45, 7) is 0. The largest absolute Gasteiger partial charge is 0.503 e. The SMILES string of the molecule is O.O.O.O.O=C(O)O.[Zr]. The van der Waals surface area contributed by atoms with Crippen molar-refractivity contribution in [2.24, 2.45) is 0 Å². The van der Waals surface area contributed by atoms with Crippen LogP contribution in [-0.2, 0) is 26.2 Å². The minimum absolute atomic E-state index is 0. The van der Waals surface area contributed by atoms with Crippen LogP contribution < -0.4 is 0 Å². The molecule has 0 saturated heterocycles. The Hall–Kier alpha value is -0.00688. The van der Waals surface area contributed by atoms with Crippen LogP contribution in [0.3, 0.4) is 0 Å². The summed E-state index contributed by atoms with van der Waals surface area (Å²) in [4.78, 5) is 8.56. The van der Waals surface area contributed by atoms with Crippen molar-refractivity contribution in [3.8, 4) is 0 Å². The van der Waals surface area contributed by atoms with Crippen molar-refractivity contribution >= 4 is 6.16 Å². The first-order valence-electron chi connectivity index (χ1n) is 0.651. The van der Waals surface area contributed by atoms with Gasteiger partial charge in [-0.2, -0.15) is 0 Å². The molecule has 0 saturated carbocycles. The van der Waals surface area contributed by atoms with Crippen LogP contribution >= 0.6 is 0 Å². The molecule has 0 unspecified atom stereocenters. The van der Waals surface area contributed by atoms with Crippen molar-refractivity contribution < 1.29 is 63.1 Å². The Morgan fingerprint density at radius 1 is 0.889 bits per heavy atom. The molecule has 0 spiro atoms. The van der Waals surface area contributed by atoms with Crippen LogP contribution in [0.25, 0.3) is 0 Å². The Morgan fingerprint density at radius 2 is 0.889 bits per heavy atom. The molecule has 0 atom stereocenters. The van der Waals surface area contributed by atoms with Crippen molar-refractivity contribution in [3.05, 3.63) is 0 Å². The fourth-order valence-electron chi connectivity index (χ4n) is 0. The summed E-state index contributed by atoms with van der Waals surface area (Å²) in [6.07, 6.45) is -1.83. The zero-order valence-corrected chi connectivity index (χ0v) is 6.76. The standard InChI is InChI=1S/CH2O3.4H2O.Zr/c2-1(3)4;;;;;/h(H2,2,3,4);4*1H2;. The molecule has 60 valence electrons. The van der Waals surface area contributed by atoms with Gasteiger partial charge in [-0.3, -0.25) is 0 Å². The van der Waals surface area contributed by atoms with Crippen LogP contribution in [0.1, 0.15) is 0 Å². The number of carbonyl (C=O) groups is 1. The van der Waals surface area contributed by atoms with Gasteiger partial charge in [0.15, 0.2) is 0 Å². The van der Waals surface area contributed by atoms with Gasteiger partial charge in [0.05, 0.1) is 0 Å². The quantitative estimate of drug-likeness (QED) is 0.443. The van der Waals surface area contributed by atoms with Crippen molar-refractivity contribution in [1.82, 2.24) is 0 Å². The fourth-order valence-corrected chi connectivity index (χ4v) is 0. The fraction of sp³-hybridized carbons (Fsp3) is 0. The molecule has 0 radical (unpaired) electrons. The van der Waals surface area contributed by atoms with Gasteiger partial charge in [0.2, 0.25) is 0 Å². The average molecular weight is 225 g/mol. The molecule has 0 aromatic carbocycles. The van der Waals surface area contributed by atoms with Gasteiger partial charge in [-0.1, -0.05) is 0 Å². The molecule has 0 bridgehead atoms. The van der Waals surface area contributed by atoms with E-state index in [2.05, 4.69) is 0 Å². The van der Waals surface area contributed by atoms with Gasteiger partial charge < -0.3 is 32.1 Å². The topological polar surface area (TPSA) is 184 Å². The van der Waals surface area contributed by atoms with Crippen molar-refractivity contribution in [1.29, 1.82) is 0 Å². The number of rotatable bonds is 0. The van der Waals surface area contributed by atoms with Crippen LogP contribution in [0.2, 0.25) is 0 Å². The van der Waals surface area contributed by atoms with Crippen LogP contribution in [0.4, 0.5) is 4.79 Å². The molecular formula is CH10O7Zr. The molecule has 9 heavy (non-hydrogen) atoms. The van der Waals surface area contributed by atoms with E-state index in [1.54, 1.807) is 0 Å². The maximum Gasteiger partial charge on any atom is 0.503 e. The smallest absolute Gasteiger partial charge is 0.450 e. The summed E-state index contributed by atoms with van der Waals surface area (Å²) in [5, 5.41) is 13.9. The second-order valence-electron chi connectivity index (χ2n) is 0.283. The van der Waals surface area contributed by atoms with Gasteiger partial charge in [0.25, 0.3) is 0 Å². The number of hydrogen-bond acceptors (Lipinski definition) is 1. The predicted molar refractivity (Wildman–Crippen MR) is 25.1 cm³/mol. The van der Waals surface area contributed by atoms with Crippen molar-refractivity contribution in [2.75, 3.05) is 0 Å². The van der Waals surface area contributed by atoms with Gasteiger partial charge in [0.1, 0.15) is 0 Å². The molecule has 0 aliphatic rings. The third-order valence-electron chi connectivity index (χ3n) is 0. The normalized spacial score (nSPS) is 2.67. The molecule has 10 N–H and O–H groups in total. The zero-order chi connectivity index (χ0) is 3.58. The van der Waals surface area contributed by atoms with Crippen molar-refractivity contribution in [3.63, 3.8) is 0 Å². The van der Waals surface area contributed by atoms with E-state index < -0.39 is 6.16 Å². The molecule has 8 heteroatoms. The van der Waals surface area contributed by atoms with Gasteiger partial charge in [-0.15, -0.1) is 0 Å². The van der Waals surface area contributed by atoms with E-state index >= 15 is 0 Å². The predicted octanol–water partition coefficient (Wildman–Crippen LogP) is -3.08. The van der Waals surface area contributed by atoms with Crippen LogP contribution in [0, 0.1) is 0 Å². The minimum Gasteiger partial charge on any atom is -0.450 e. The van der Waals surface area contributed by atoms with Gasteiger partial charge >= 0.3 is 6.16 Å². The summed E-state index contributed by atoms with van der Waals surface area (Å²) in [5.74, 6) is 0. The molecule has 0 heterocycles. The Morgan fingerprint density at radius 3 is 0.889 bits per heavy atom. The van der Waals surface area contributed by atoms with Crippen LogP contribution in [0.15, 0.2) is 0 Å². The van der Waals surface area contributed by atoms with E-state index in [1.165, 1.54) is 0 Å². The summed E-state index contributed by atoms with van der Waals surface area (Å²) in [5.41, 5.74) is 0. The van der Waals surface area contributed by atoms with Crippen molar-refractivity contribution in [2.45, 2.75) is 0 Å². The third-order valence-corrected chi connectivity index (χ3v) is 0. The minimum atomic E-state index is -1.83. The van der Waals surface area contributed by atoms with Crippen LogP contribution in [0.5, 0.6) is 0 Å². The average Bonchev–Trinajstić information content (AvgIpc) is 0.811. The van der Waals surface area contributed by atoms with E-state index in [4.69, 9.17) is 15.0 Å². The Balaban J connectivity index is -0.00000000450. The van der Waals surface area contributed by atoms with Gasteiger partial charge in [-0.05, 0) is 0 Å². The first kappa shape index (κ1) is 64.1. The Kier molecular flexibility index (Phi) is 311. The van der Waals surface area contributed by atoms with E-state index in [1.807, 2.05) is 0 Å². The van der Waals surface area contributed by atoms with E-state index in [0.717, 1.165) is 0 Å². The molecule has 0 rings (SSSR count). The number of carboxylic acid groups (broad SMARTS) is 2. The van der Waals surface area contributed by atoms with E-state index in [9.17, 15) is 0 Å². The molecule has 7 nitrogen and oxygen atoms in total. The Labute approximate surface area is 69.7 Å². The molecule has 0 aromatic rings. The van der Waals surface area contributed by atoms with E-state index in [0.29, 0.717) is 0 Å². The maximum atomic E-state index is 8.56. The summed E-state index contributed by atoms with van der Waals surface area (Å²) in [6, 6.07) is 0. The maximum absolute atomic E-state index is 8.56.